The molecule has 11 heteroatoms. The minimum absolute atomic E-state index is 0.0448. The van der Waals surface area contributed by atoms with Gasteiger partial charge in [0.1, 0.15) is 6.54 Å². The molecule has 2 N–H and O–H groups in total. The summed E-state index contributed by atoms with van der Waals surface area (Å²) < 4.78 is 35.9. The maximum atomic E-state index is 12.0. The van der Waals surface area contributed by atoms with Crippen LogP contribution in [0.3, 0.4) is 0 Å². The van der Waals surface area contributed by atoms with Gasteiger partial charge in [-0.2, -0.15) is 0 Å². The number of nitrogens with zero attached hydrogens (tertiary/aromatic N) is 3. The number of hydrogen-bond acceptors (Lipinski definition) is 7. The highest BCUT2D eigenvalue weighted by Gasteiger charge is 2.14. The zero-order valence-electron chi connectivity index (χ0n) is 12.0. The lowest BCUT2D eigenvalue weighted by molar-refractivity contribution is -0.116. The number of carbonyl (C=O) groups excluding carboxylic acids is 1. The van der Waals surface area contributed by atoms with Gasteiger partial charge in [0.25, 0.3) is 0 Å². The Balaban J connectivity index is 1.61. The van der Waals surface area contributed by atoms with E-state index in [1.165, 1.54) is 10.9 Å². The SMILES string of the molecule is CS(=O)(=O)Nc1cn(CC(=O)Nc2ccc3c(c2)OCO3)nn1. The highest BCUT2D eigenvalue weighted by molar-refractivity contribution is 7.92. The number of anilines is 2. The van der Waals surface area contributed by atoms with E-state index < -0.39 is 10.0 Å². The van der Waals surface area contributed by atoms with E-state index in [9.17, 15) is 13.2 Å². The topological polar surface area (TPSA) is 124 Å². The summed E-state index contributed by atoms with van der Waals surface area (Å²) in [5.41, 5.74) is 0.550. The quantitative estimate of drug-likeness (QED) is 0.786. The minimum Gasteiger partial charge on any atom is -0.454 e. The van der Waals surface area contributed by atoms with Crippen LogP contribution >= 0.6 is 0 Å². The van der Waals surface area contributed by atoms with Crippen molar-refractivity contribution >= 4 is 27.4 Å². The van der Waals surface area contributed by atoms with E-state index in [1.54, 1.807) is 18.2 Å². The summed E-state index contributed by atoms with van der Waals surface area (Å²) in [6.07, 6.45) is 2.32. The second-order valence-electron chi connectivity index (χ2n) is 4.79. The van der Waals surface area contributed by atoms with Gasteiger partial charge in [-0.1, -0.05) is 5.21 Å². The number of amides is 1. The summed E-state index contributed by atoms with van der Waals surface area (Å²) >= 11 is 0. The average Bonchev–Trinajstić information content (AvgIpc) is 3.05. The van der Waals surface area contributed by atoms with Crippen LogP contribution in [0.15, 0.2) is 24.4 Å². The second kappa shape index (κ2) is 5.76. The number of carbonyl (C=O) groups is 1. The largest absolute Gasteiger partial charge is 0.454 e. The molecule has 0 radical (unpaired) electrons. The van der Waals surface area contributed by atoms with Crippen LogP contribution in [-0.4, -0.2) is 42.4 Å². The predicted molar refractivity (Wildman–Crippen MR) is 79.7 cm³/mol. The van der Waals surface area contributed by atoms with Gasteiger partial charge in [-0.05, 0) is 12.1 Å². The van der Waals surface area contributed by atoms with Crippen LogP contribution in [0, 0.1) is 0 Å². The van der Waals surface area contributed by atoms with Gasteiger partial charge in [0.15, 0.2) is 17.3 Å². The van der Waals surface area contributed by atoms with Crippen molar-refractivity contribution in [1.29, 1.82) is 0 Å². The van der Waals surface area contributed by atoms with Gasteiger partial charge < -0.3 is 14.8 Å². The van der Waals surface area contributed by atoms with Crippen molar-refractivity contribution in [2.75, 3.05) is 23.1 Å². The highest BCUT2D eigenvalue weighted by Crippen LogP contribution is 2.34. The molecule has 2 aromatic rings. The Morgan fingerprint density at radius 1 is 1.35 bits per heavy atom. The van der Waals surface area contributed by atoms with Gasteiger partial charge in [-0.25, -0.2) is 13.1 Å². The summed E-state index contributed by atoms with van der Waals surface area (Å²) in [5.74, 6) is 0.877. The number of hydrogen-bond donors (Lipinski definition) is 2. The molecule has 0 unspecified atom stereocenters. The molecule has 2 heterocycles. The molecule has 122 valence electrons. The summed E-state index contributed by atoms with van der Waals surface area (Å²) in [6, 6.07) is 5.03. The van der Waals surface area contributed by atoms with Crippen molar-refractivity contribution in [2.24, 2.45) is 0 Å². The van der Waals surface area contributed by atoms with E-state index in [2.05, 4.69) is 20.4 Å². The Hall–Kier alpha value is -2.82. The van der Waals surface area contributed by atoms with Crippen molar-refractivity contribution in [3.63, 3.8) is 0 Å². The molecule has 0 spiro atoms. The monoisotopic (exact) mass is 339 g/mol. The predicted octanol–water partition coefficient (Wildman–Crippen LogP) is 0.0170. The van der Waals surface area contributed by atoms with E-state index in [0.717, 1.165) is 6.26 Å². The van der Waals surface area contributed by atoms with Gasteiger partial charge in [0.2, 0.25) is 22.7 Å². The van der Waals surface area contributed by atoms with Gasteiger partial charge in [-0.15, -0.1) is 5.10 Å². The Kier molecular flexibility index (Phi) is 3.78. The molecule has 1 aromatic heterocycles. The van der Waals surface area contributed by atoms with Crippen LogP contribution in [0.5, 0.6) is 11.5 Å². The zero-order chi connectivity index (χ0) is 16.4. The van der Waals surface area contributed by atoms with Gasteiger partial charge in [0, 0.05) is 11.8 Å². The van der Waals surface area contributed by atoms with Gasteiger partial charge in [0.05, 0.1) is 12.5 Å². The molecule has 1 aliphatic heterocycles. The lowest BCUT2D eigenvalue weighted by atomic mass is 10.3. The molecular formula is C12H13N5O5S. The van der Waals surface area contributed by atoms with Crippen LogP contribution in [0.1, 0.15) is 0 Å². The number of ether oxygens (including phenoxy) is 2. The second-order valence-corrected chi connectivity index (χ2v) is 6.54. The molecule has 1 aliphatic rings. The van der Waals surface area contributed by atoms with E-state index in [-0.39, 0.29) is 25.1 Å². The molecule has 3 rings (SSSR count). The highest BCUT2D eigenvalue weighted by atomic mass is 32.2. The molecule has 0 saturated heterocycles. The van der Waals surface area contributed by atoms with Crippen LogP contribution in [0.4, 0.5) is 11.5 Å². The molecule has 0 atom stereocenters. The molecule has 0 aliphatic carbocycles. The standard InChI is InChI=1S/C12H13N5O5S/c1-23(19,20)15-11-5-17(16-14-11)6-12(18)13-8-2-3-9-10(4-8)22-7-21-9/h2-5,15H,6-7H2,1H3,(H,13,18). The number of nitrogens with one attached hydrogen (secondary N) is 2. The Morgan fingerprint density at radius 2 is 2.13 bits per heavy atom. The van der Waals surface area contributed by atoms with E-state index in [1.807, 2.05) is 0 Å². The number of benzene rings is 1. The van der Waals surface area contributed by atoms with Crippen LogP contribution in [0.2, 0.25) is 0 Å². The first-order valence-electron chi connectivity index (χ1n) is 6.46. The van der Waals surface area contributed by atoms with Crippen molar-refractivity contribution < 1.29 is 22.7 Å². The average molecular weight is 339 g/mol. The van der Waals surface area contributed by atoms with E-state index >= 15 is 0 Å². The minimum atomic E-state index is -3.44. The Bertz CT molecular complexity index is 847. The molecule has 23 heavy (non-hydrogen) atoms. The third-order valence-electron chi connectivity index (χ3n) is 2.79. The first-order chi connectivity index (χ1) is 10.9. The van der Waals surface area contributed by atoms with Crippen molar-refractivity contribution in [3.8, 4) is 11.5 Å². The van der Waals surface area contributed by atoms with Gasteiger partial charge >= 0.3 is 0 Å². The van der Waals surface area contributed by atoms with Crippen molar-refractivity contribution in [3.05, 3.63) is 24.4 Å². The fourth-order valence-corrected chi connectivity index (χ4v) is 2.41. The number of fused-ring (bicyclic) bond motifs is 1. The summed E-state index contributed by atoms with van der Waals surface area (Å²) in [5, 5.41) is 9.96. The fraction of sp³-hybridized carbons (Fsp3) is 0.250. The lowest BCUT2D eigenvalue weighted by Crippen LogP contribution is -2.19. The molecule has 0 bridgehead atoms. The maximum absolute atomic E-state index is 12.0. The normalized spacial score (nSPS) is 12.9. The zero-order valence-corrected chi connectivity index (χ0v) is 12.8. The molecule has 1 amide bonds. The van der Waals surface area contributed by atoms with E-state index in [0.29, 0.717) is 17.2 Å². The smallest absolute Gasteiger partial charge is 0.246 e. The van der Waals surface area contributed by atoms with E-state index in [4.69, 9.17) is 9.47 Å². The third-order valence-corrected chi connectivity index (χ3v) is 3.37. The summed E-state index contributed by atoms with van der Waals surface area (Å²) in [6.45, 7) is 0.0364. The first kappa shape index (κ1) is 15.1. The first-order valence-corrected chi connectivity index (χ1v) is 8.36. The third kappa shape index (κ3) is 3.88. The number of aromatic nitrogens is 3. The van der Waals surface area contributed by atoms with Crippen LogP contribution in [-0.2, 0) is 21.4 Å². The number of sulfonamides is 1. The van der Waals surface area contributed by atoms with Gasteiger partial charge in [-0.3, -0.25) is 9.52 Å². The molecule has 0 fully saturated rings. The number of rotatable bonds is 5. The summed E-state index contributed by atoms with van der Waals surface area (Å²) in [7, 11) is -3.44. The lowest BCUT2D eigenvalue weighted by Gasteiger charge is -2.05. The molecular weight excluding hydrogens is 326 g/mol. The Labute approximate surface area is 131 Å². The summed E-state index contributed by atoms with van der Waals surface area (Å²) in [4.78, 5) is 12.0. The Morgan fingerprint density at radius 3 is 2.91 bits per heavy atom. The van der Waals surface area contributed by atoms with Crippen LogP contribution in [0.25, 0.3) is 0 Å². The van der Waals surface area contributed by atoms with Crippen molar-refractivity contribution in [1.82, 2.24) is 15.0 Å². The molecule has 1 aromatic carbocycles. The van der Waals surface area contributed by atoms with Crippen molar-refractivity contribution in [2.45, 2.75) is 6.54 Å². The maximum Gasteiger partial charge on any atom is 0.246 e. The molecule has 0 saturated carbocycles. The molecule has 10 nitrogen and oxygen atoms in total. The fourth-order valence-electron chi connectivity index (χ4n) is 1.93. The van der Waals surface area contributed by atoms with Crippen LogP contribution < -0.4 is 19.5 Å².